The molecule has 0 radical (unpaired) electrons. The molecule has 7 nitrogen and oxygen atoms in total. The van der Waals surface area contributed by atoms with Gasteiger partial charge in [0, 0.05) is 12.7 Å². The highest BCUT2D eigenvalue weighted by atomic mass is 35.5. The van der Waals surface area contributed by atoms with Crippen LogP contribution < -0.4 is 25.0 Å². The molecule has 2 aromatic carbocycles. The number of benzene rings is 2. The van der Waals surface area contributed by atoms with Gasteiger partial charge in [-0.25, -0.2) is 0 Å². The van der Waals surface area contributed by atoms with Crippen LogP contribution in [0.4, 0.5) is 0 Å². The van der Waals surface area contributed by atoms with E-state index in [-0.39, 0.29) is 11.7 Å². The van der Waals surface area contributed by atoms with Crippen molar-refractivity contribution in [1.82, 2.24) is 9.88 Å². The predicted octanol–water partition coefficient (Wildman–Crippen LogP) is 3.43. The summed E-state index contributed by atoms with van der Waals surface area (Å²) in [6.07, 6.45) is 2.08. The van der Waals surface area contributed by atoms with E-state index in [0.29, 0.717) is 52.7 Å². The van der Waals surface area contributed by atoms with Crippen LogP contribution in [-0.2, 0) is 13.0 Å². The molecule has 162 valence electrons. The van der Waals surface area contributed by atoms with Crippen LogP contribution in [0, 0.1) is 0 Å². The minimum atomic E-state index is -0.434. The number of halogens is 1. The molecular formula is C23H23ClN2O5. The minimum absolute atomic E-state index is 0.0629. The topological polar surface area (TPSA) is 78.8 Å². The van der Waals surface area contributed by atoms with E-state index in [2.05, 4.69) is 5.32 Å². The normalized spacial score (nSPS) is 14.8. The van der Waals surface area contributed by atoms with Crippen molar-refractivity contribution in [2.45, 2.75) is 26.0 Å². The van der Waals surface area contributed by atoms with E-state index in [9.17, 15) is 9.59 Å². The summed E-state index contributed by atoms with van der Waals surface area (Å²) >= 11 is 6.32. The Morgan fingerprint density at radius 2 is 2.00 bits per heavy atom. The van der Waals surface area contributed by atoms with Crippen molar-refractivity contribution in [1.29, 1.82) is 0 Å². The zero-order chi connectivity index (χ0) is 22.1. The van der Waals surface area contributed by atoms with Crippen molar-refractivity contribution in [3.63, 3.8) is 0 Å². The highest BCUT2D eigenvalue weighted by Gasteiger charge is 2.24. The summed E-state index contributed by atoms with van der Waals surface area (Å²) in [5, 5.41) is 3.44. The first-order valence-corrected chi connectivity index (χ1v) is 10.3. The smallest absolute Gasteiger partial charge is 0.256 e. The number of hydrogen-bond donors (Lipinski definition) is 1. The Morgan fingerprint density at radius 1 is 1.23 bits per heavy atom. The number of carbonyl (C=O) groups is 1. The second-order valence-electron chi connectivity index (χ2n) is 7.42. The maximum absolute atomic E-state index is 13.1. The van der Waals surface area contributed by atoms with Gasteiger partial charge in [0.15, 0.2) is 11.5 Å². The largest absolute Gasteiger partial charge is 0.493 e. The van der Waals surface area contributed by atoms with Gasteiger partial charge in [0.1, 0.15) is 17.4 Å². The molecule has 1 atom stereocenters. The number of pyridine rings is 1. The lowest BCUT2D eigenvalue weighted by Gasteiger charge is -2.26. The Labute approximate surface area is 184 Å². The van der Waals surface area contributed by atoms with Gasteiger partial charge < -0.3 is 24.1 Å². The van der Waals surface area contributed by atoms with Gasteiger partial charge in [-0.2, -0.15) is 0 Å². The molecule has 8 heteroatoms. The number of nitrogens with zero attached hydrogens (tertiary/aromatic N) is 1. The fourth-order valence-electron chi connectivity index (χ4n) is 3.85. The third kappa shape index (κ3) is 3.93. The summed E-state index contributed by atoms with van der Waals surface area (Å²) in [4.78, 5) is 25.9. The zero-order valence-electron chi connectivity index (χ0n) is 17.5. The van der Waals surface area contributed by atoms with Crippen LogP contribution in [0.2, 0.25) is 5.02 Å². The number of nitrogens with one attached hydrogen (secondary N) is 1. The molecule has 2 heterocycles. The zero-order valence-corrected chi connectivity index (χ0v) is 18.3. The average Bonchev–Trinajstić information content (AvgIpc) is 2.76. The highest BCUT2D eigenvalue weighted by molar-refractivity contribution is 6.35. The van der Waals surface area contributed by atoms with Crippen molar-refractivity contribution in [3.05, 3.63) is 62.9 Å². The lowest BCUT2D eigenvalue weighted by Crippen LogP contribution is -2.33. The SMILES string of the molecule is COc1ccc(CCNC(=O)c2cn3c4c(ccc(Cl)c4c2=O)O[C@H](C)C3)cc1OC. The molecule has 31 heavy (non-hydrogen) atoms. The van der Waals surface area contributed by atoms with Crippen molar-refractivity contribution < 1.29 is 19.0 Å². The molecule has 1 amide bonds. The Hall–Kier alpha value is -3.19. The molecule has 0 spiro atoms. The quantitative estimate of drug-likeness (QED) is 0.632. The Morgan fingerprint density at radius 3 is 2.74 bits per heavy atom. The fraction of sp³-hybridized carbons (Fsp3) is 0.304. The standard InChI is InChI=1S/C23H23ClN2O5/c1-13-11-26-12-15(22(27)20-16(24)5-7-18(31-13)21(20)26)23(28)25-9-8-14-4-6-17(29-2)19(10-14)30-3/h4-7,10,12-13H,8-9,11H2,1-3H3,(H,25,28)/t13-/m1/s1. The van der Waals surface area contributed by atoms with E-state index in [4.69, 9.17) is 25.8 Å². The lowest BCUT2D eigenvalue weighted by atomic mass is 10.1. The summed E-state index contributed by atoms with van der Waals surface area (Å²) < 4.78 is 18.2. The summed E-state index contributed by atoms with van der Waals surface area (Å²) in [5.41, 5.74) is 1.26. The Balaban J connectivity index is 1.57. The summed E-state index contributed by atoms with van der Waals surface area (Å²) in [5.74, 6) is 1.43. The van der Waals surface area contributed by atoms with Gasteiger partial charge in [-0.05, 0) is 43.2 Å². The molecule has 0 aliphatic carbocycles. The number of amides is 1. The molecule has 4 rings (SSSR count). The van der Waals surface area contributed by atoms with Crippen LogP contribution in [-0.4, -0.2) is 37.3 Å². The van der Waals surface area contributed by atoms with E-state index in [0.717, 1.165) is 5.56 Å². The number of hydrogen-bond acceptors (Lipinski definition) is 5. The van der Waals surface area contributed by atoms with Crippen molar-refractivity contribution in [2.75, 3.05) is 20.8 Å². The first-order valence-electron chi connectivity index (χ1n) is 9.94. The monoisotopic (exact) mass is 442 g/mol. The number of methoxy groups -OCH3 is 2. The van der Waals surface area contributed by atoms with Crippen molar-refractivity contribution >= 4 is 28.4 Å². The molecular weight excluding hydrogens is 420 g/mol. The molecule has 0 unspecified atom stereocenters. The van der Waals surface area contributed by atoms with Gasteiger partial charge in [0.2, 0.25) is 5.43 Å². The van der Waals surface area contributed by atoms with Crippen LogP contribution in [0.5, 0.6) is 17.2 Å². The van der Waals surface area contributed by atoms with Crippen molar-refractivity contribution in [3.8, 4) is 17.2 Å². The third-order valence-corrected chi connectivity index (χ3v) is 5.62. The molecule has 1 aromatic heterocycles. The average molecular weight is 443 g/mol. The predicted molar refractivity (Wildman–Crippen MR) is 119 cm³/mol. The molecule has 0 bridgehead atoms. The molecule has 0 saturated heterocycles. The van der Waals surface area contributed by atoms with Gasteiger partial charge in [-0.15, -0.1) is 0 Å². The summed E-state index contributed by atoms with van der Waals surface area (Å²) in [6.45, 7) is 2.82. The second kappa shape index (κ2) is 8.51. The van der Waals surface area contributed by atoms with Crippen LogP contribution in [0.25, 0.3) is 10.9 Å². The van der Waals surface area contributed by atoms with Gasteiger partial charge in [-0.1, -0.05) is 17.7 Å². The molecule has 1 aliphatic heterocycles. The Kier molecular flexibility index (Phi) is 5.78. The lowest BCUT2D eigenvalue weighted by molar-refractivity contribution is 0.0951. The van der Waals surface area contributed by atoms with Gasteiger partial charge in [0.05, 0.1) is 36.7 Å². The maximum Gasteiger partial charge on any atom is 0.256 e. The number of aromatic nitrogens is 1. The van der Waals surface area contributed by atoms with Gasteiger partial charge >= 0.3 is 0 Å². The van der Waals surface area contributed by atoms with Crippen LogP contribution in [0.1, 0.15) is 22.8 Å². The highest BCUT2D eigenvalue weighted by Crippen LogP contribution is 2.33. The van der Waals surface area contributed by atoms with Crippen molar-refractivity contribution in [2.24, 2.45) is 0 Å². The molecule has 0 saturated carbocycles. The first kappa shape index (κ1) is 21.1. The number of ether oxygens (including phenoxy) is 3. The van der Waals surface area contributed by atoms with E-state index < -0.39 is 11.3 Å². The van der Waals surface area contributed by atoms with Gasteiger partial charge in [-0.3, -0.25) is 9.59 Å². The van der Waals surface area contributed by atoms with Crippen LogP contribution in [0.15, 0.2) is 41.3 Å². The van der Waals surface area contributed by atoms with Crippen LogP contribution >= 0.6 is 11.6 Å². The second-order valence-corrected chi connectivity index (χ2v) is 7.82. The van der Waals surface area contributed by atoms with Crippen LogP contribution in [0.3, 0.4) is 0 Å². The van der Waals surface area contributed by atoms with Gasteiger partial charge in [0.25, 0.3) is 5.91 Å². The first-order chi connectivity index (χ1) is 14.9. The summed E-state index contributed by atoms with van der Waals surface area (Å²) in [7, 11) is 3.15. The maximum atomic E-state index is 13.1. The van der Waals surface area contributed by atoms with E-state index in [1.165, 1.54) is 0 Å². The minimum Gasteiger partial charge on any atom is -0.493 e. The molecule has 1 aliphatic rings. The number of carbonyl (C=O) groups excluding carboxylic acids is 1. The van der Waals surface area contributed by atoms with E-state index >= 15 is 0 Å². The molecule has 1 N–H and O–H groups in total. The Bertz CT molecular complexity index is 1220. The van der Waals surface area contributed by atoms with E-state index in [1.807, 2.05) is 29.7 Å². The van der Waals surface area contributed by atoms with E-state index in [1.54, 1.807) is 32.5 Å². The summed E-state index contributed by atoms with van der Waals surface area (Å²) in [6, 6.07) is 8.97. The third-order valence-electron chi connectivity index (χ3n) is 5.31. The fourth-order valence-corrected chi connectivity index (χ4v) is 4.08. The number of rotatable bonds is 6. The molecule has 0 fully saturated rings. The molecule has 3 aromatic rings.